The van der Waals surface area contributed by atoms with Gasteiger partial charge in [0.05, 0.1) is 18.0 Å². The van der Waals surface area contributed by atoms with Crippen molar-refractivity contribution in [1.29, 1.82) is 0 Å². The molecule has 4 rings (SSSR count). The molecule has 0 saturated heterocycles. The molecule has 0 amide bonds. The fraction of sp³-hybridized carbons (Fsp3) is 0.333. The summed E-state index contributed by atoms with van der Waals surface area (Å²) in [5.74, 6) is -4.79. The lowest BCUT2D eigenvalue weighted by atomic mass is 9.84. The molecule has 1 aliphatic carbocycles. The molecule has 1 N–H and O–H groups in total. The Morgan fingerprint density at radius 3 is 2.72 bits per heavy atom. The summed E-state index contributed by atoms with van der Waals surface area (Å²) >= 11 is 0. The molecule has 1 atom stereocenters. The molecule has 1 aromatic carbocycles. The van der Waals surface area contributed by atoms with Gasteiger partial charge in [0.2, 0.25) is 11.7 Å². The van der Waals surface area contributed by atoms with Crippen LogP contribution in [0.1, 0.15) is 37.3 Å². The second-order valence-electron chi connectivity index (χ2n) is 6.92. The molecule has 0 bridgehead atoms. The number of aromatic nitrogens is 2. The fourth-order valence-corrected chi connectivity index (χ4v) is 3.41. The van der Waals surface area contributed by atoms with Crippen molar-refractivity contribution in [3.8, 4) is 5.75 Å². The molecule has 0 aliphatic heterocycles. The van der Waals surface area contributed by atoms with Crippen LogP contribution in [0, 0.1) is 11.6 Å². The number of methoxy groups -OCH3 is 1. The van der Waals surface area contributed by atoms with E-state index in [9.17, 15) is 22.4 Å². The lowest BCUT2D eigenvalue weighted by Crippen LogP contribution is -2.26. The minimum atomic E-state index is -2.62. The molecule has 8 heteroatoms. The van der Waals surface area contributed by atoms with E-state index in [2.05, 4.69) is 14.7 Å². The Labute approximate surface area is 164 Å². The molecule has 0 spiro atoms. The topological polar surface area (TPSA) is 55.0 Å². The van der Waals surface area contributed by atoms with Gasteiger partial charge in [0, 0.05) is 42.9 Å². The molecular weight excluding hydrogens is 388 g/mol. The number of rotatable bonds is 2. The molecule has 1 saturated carbocycles. The Bertz CT molecular complexity index is 1050. The van der Waals surface area contributed by atoms with E-state index in [-0.39, 0.29) is 29.9 Å². The summed E-state index contributed by atoms with van der Waals surface area (Å²) in [5, 5.41) is 0.494. The van der Waals surface area contributed by atoms with Gasteiger partial charge in [-0.05, 0) is 31.0 Å². The second kappa shape index (κ2) is 8.63. The first kappa shape index (κ1) is 20.8. The van der Waals surface area contributed by atoms with Gasteiger partial charge < -0.3 is 9.72 Å². The number of aromatic amines is 1. The minimum Gasteiger partial charge on any atom is -0.494 e. The average molecular weight is 408 g/mol. The van der Waals surface area contributed by atoms with Gasteiger partial charge in [0.25, 0.3) is 0 Å². The van der Waals surface area contributed by atoms with Crippen LogP contribution in [-0.4, -0.2) is 23.0 Å². The number of halogens is 4. The maximum Gasteiger partial charge on any atom is 0.248 e. The van der Waals surface area contributed by atoms with Crippen molar-refractivity contribution < 1.29 is 22.3 Å². The highest BCUT2D eigenvalue weighted by molar-refractivity contribution is 5.77. The zero-order valence-electron chi connectivity index (χ0n) is 15.7. The highest BCUT2D eigenvalue weighted by Gasteiger charge is 2.37. The molecule has 29 heavy (non-hydrogen) atoms. The lowest BCUT2D eigenvalue weighted by molar-refractivity contribution is -0.0412. The van der Waals surface area contributed by atoms with Crippen LogP contribution in [0.5, 0.6) is 5.75 Å². The zero-order chi connectivity index (χ0) is 21.0. The number of ether oxygens (including phenoxy) is 1. The predicted octanol–water partition coefficient (Wildman–Crippen LogP) is 5.19. The quantitative estimate of drug-likeness (QED) is 0.594. The molecule has 4 nitrogen and oxygen atoms in total. The fourth-order valence-electron chi connectivity index (χ4n) is 3.41. The molecule has 154 valence electrons. The smallest absolute Gasteiger partial charge is 0.248 e. The van der Waals surface area contributed by atoms with Gasteiger partial charge in [-0.3, -0.25) is 9.78 Å². The first-order valence-corrected chi connectivity index (χ1v) is 9.13. The molecule has 0 unspecified atom stereocenters. The van der Waals surface area contributed by atoms with Crippen LogP contribution in [0.15, 0.2) is 47.5 Å². The van der Waals surface area contributed by atoms with E-state index in [0.29, 0.717) is 29.4 Å². The van der Waals surface area contributed by atoms with Crippen LogP contribution in [0.2, 0.25) is 0 Å². The summed E-state index contributed by atoms with van der Waals surface area (Å²) in [6.07, 6.45) is 4.03. The number of nitrogens with one attached hydrogen (secondary N) is 1. The number of alkyl halides is 2. The Balaban J connectivity index is 0.000000204. The van der Waals surface area contributed by atoms with Crippen LogP contribution >= 0.6 is 0 Å². The maximum absolute atomic E-state index is 13.5. The summed E-state index contributed by atoms with van der Waals surface area (Å²) in [7, 11) is 1.29. The van der Waals surface area contributed by atoms with E-state index >= 15 is 0 Å². The number of fused-ring (bicyclic) bond motifs is 1. The van der Waals surface area contributed by atoms with Crippen molar-refractivity contribution >= 4 is 10.9 Å². The zero-order valence-corrected chi connectivity index (χ0v) is 15.7. The number of benzene rings is 1. The Hall–Kier alpha value is -2.90. The van der Waals surface area contributed by atoms with Gasteiger partial charge in [0.1, 0.15) is 0 Å². The first-order valence-electron chi connectivity index (χ1n) is 9.13. The highest BCUT2D eigenvalue weighted by atomic mass is 19.3. The summed E-state index contributed by atoms with van der Waals surface area (Å²) in [5.41, 5.74) is 1.11. The largest absolute Gasteiger partial charge is 0.494 e. The van der Waals surface area contributed by atoms with Gasteiger partial charge in [-0.15, -0.1) is 0 Å². The third-order valence-corrected chi connectivity index (χ3v) is 4.87. The van der Waals surface area contributed by atoms with Crippen LogP contribution in [0.4, 0.5) is 17.6 Å². The van der Waals surface area contributed by atoms with Crippen LogP contribution in [0.25, 0.3) is 10.9 Å². The van der Waals surface area contributed by atoms with E-state index in [1.807, 2.05) is 0 Å². The molecule has 2 aromatic heterocycles. The number of nitrogens with zero attached hydrogens (tertiary/aromatic N) is 1. The van der Waals surface area contributed by atoms with Crippen molar-refractivity contribution in [3.05, 3.63) is 70.3 Å². The SMILES string of the molecule is COc1cccc(F)c1F.O=c1cc([C@H]2CCCC(F)(F)C2)[nH]c2ccncc12. The van der Waals surface area contributed by atoms with Crippen molar-refractivity contribution in [1.82, 2.24) is 9.97 Å². The van der Waals surface area contributed by atoms with Crippen molar-refractivity contribution in [2.24, 2.45) is 0 Å². The standard InChI is InChI=1S/C14H14F2N2O.C7H6F2O/c15-14(16)4-1-2-9(7-14)12-6-13(19)10-8-17-5-3-11(10)18-12;1-10-6-4-2-3-5(8)7(6)9/h3,5-6,8-9H,1-2,4,7H2,(H,18,19);2-4H,1H3/t9-;/m0./s1. The molecular formula is C21H20F4N2O2. The van der Waals surface area contributed by atoms with Gasteiger partial charge in [-0.2, -0.15) is 4.39 Å². The van der Waals surface area contributed by atoms with Gasteiger partial charge >= 0.3 is 0 Å². The van der Waals surface area contributed by atoms with Crippen molar-refractivity contribution in [2.75, 3.05) is 7.11 Å². The average Bonchev–Trinajstić information content (AvgIpc) is 2.70. The van der Waals surface area contributed by atoms with Gasteiger partial charge in [0.15, 0.2) is 17.0 Å². The third-order valence-electron chi connectivity index (χ3n) is 4.87. The summed E-state index contributed by atoms with van der Waals surface area (Å²) in [6.45, 7) is 0. The van der Waals surface area contributed by atoms with E-state index < -0.39 is 17.6 Å². The van der Waals surface area contributed by atoms with Crippen molar-refractivity contribution in [3.63, 3.8) is 0 Å². The van der Waals surface area contributed by atoms with E-state index in [0.717, 1.165) is 6.07 Å². The van der Waals surface area contributed by atoms with Gasteiger partial charge in [-0.1, -0.05) is 6.07 Å². The molecule has 2 heterocycles. The third kappa shape index (κ3) is 4.93. The number of pyridine rings is 2. The minimum absolute atomic E-state index is 0.0504. The molecule has 3 aromatic rings. The van der Waals surface area contributed by atoms with E-state index in [4.69, 9.17) is 0 Å². The summed E-state index contributed by atoms with van der Waals surface area (Å²) in [6, 6.07) is 6.92. The van der Waals surface area contributed by atoms with E-state index in [1.54, 1.807) is 12.3 Å². The predicted molar refractivity (Wildman–Crippen MR) is 101 cm³/mol. The molecule has 1 aliphatic rings. The number of hydrogen-bond donors (Lipinski definition) is 1. The first-order chi connectivity index (χ1) is 13.8. The lowest BCUT2D eigenvalue weighted by Gasteiger charge is -2.28. The Kier molecular flexibility index (Phi) is 6.20. The number of H-pyrrole nitrogens is 1. The highest BCUT2D eigenvalue weighted by Crippen LogP contribution is 2.41. The Morgan fingerprint density at radius 1 is 1.24 bits per heavy atom. The Morgan fingerprint density at radius 2 is 2.03 bits per heavy atom. The van der Waals surface area contributed by atoms with Crippen LogP contribution in [-0.2, 0) is 0 Å². The number of hydrogen-bond acceptors (Lipinski definition) is 3. The summed E-state index contributed by atoms with van der Waals surface area (Å²) in [4.78, 5) is 19.0. The normalized spacial score (nSPS) is 18.0. The summed E-state index contributed by atoms with van der Waals surface area (Å²) < 4.78 is 56.2. The van der Waals surface area contributed by atoms with Crippen molar-refractivity contribution in [2.45, 2.75) is 37.5 Å². The van der Waals surface area contributed by atoms with Crippen LogP contribution in [0.3, 0.4) is 0 Å². The molecule has 1 fully saturated rings. The van der Waals surface area contributed by atoms with Gasteiger partial charge in [-0.25, -0.2) is 13.2 Å². The molecule has 0 radical (unpaired) electrons. The van der Waals surface area contributed by atoms with E-state index in [1.165, 1.54) is 31.5 Å². The maximum atomic E-state index is 13.5. The van der Waals surface area contributed by atoms with Crippen LogP contribution < -0.4 is 10.2 Å². The monoisotopic (exact) mass is 408 g/mol. The second-order valence-corrected chi connectivity index (χ2v) is 6.92.